The van der Waals surface area contributed by atoms with Crippen LogP contribution in [0.2, 0.25) is 36.3 Å². The minimum absolute atomic E-state index is 0.119. The molecule has 5 nitrogen and oxygen atoms in total. The van der Waals surface area contributed by atoms with Crippen molar-refractivity contribution in [3.8, 4) is 17.2 Å². The molecule has 1 N–H and O–H groups in total. The van der Waals surface area contributed by atoms with E-state index in [9.17, 15) is 5.11 Å². The summed E-state index contributed by atoms with van der Waals surface area (Å²) in [6, 6.07) is 4.97. The molecule has 0 unspecified atom stereocenters. The molecular weight excluding hydrogens is 400 g/mol. The van der Waals surface area contributed by atoms with E-state index in [1.807, 2.05) is 0 Å². The summed E-state index contributed by atoms with van der Waals surface area (Å²) < 4.78 is 23.8. The standard InChI is InChI=1S/C22H42O5Si2/c1-21(2,3)28(7,8)26-13-11-24-19-15-18(23)16-20(17-19)25-12-14-27-29(9,10)22(4,5)6/h15-17,23H,11-14H2,1-10H3. The fraction of sp³-hybridized carbons (Fsp3) is 0.727. The smallest absolute Gasteiger partial charge is 0.192 e. The van der Waals surface area contributed by atoms with Crippen LogP contribution in [0.3, 0.4) is 0 Å². The lowest BCUT2D eigenvalue weighted by molar-refractivity contribution is 0.196. The largest absolute Gasteiger partial charge is 0.508 e. The van der Waals surface area contributed by atoms with Gasteiger partial charge in [-0.2, -0.15) is 0 Å². The minimum atomic E-state index is -1.78. The molecule has 1 rings (SSSR count). The molecule has 0 aliphatic heterocycles. The van der Waals surface area contributed by atoms with Crippen LogP contribution < -0.4 is 9.47 Å². The fourth-order valence-corrected chi connectivity index (χ4v) is 4.12. The van der Waals surface area contributed by atoms with Crippen molar-refractivity contribution in [2.45, 2.75) is 77.8 Å². The lowest BCUT2D eigenvalue weighted by Crippen LogP contribution is -2.41. The zero-order chi connectivity index (χ0) is 22.5. The molecule has 0 radical (unpaired) electrons. The van der Waals surface area contributed by atoms with Crippen molar-refractivity contribution in [1.82, 2.24) is 0 Å². The highest BCUT2D eigenvalue weighted by Crippen LogP contribution is 2.37. The number of rotatable bonds is 10. The van der Waals surface area contributed by atoms with Gasteiger partial charge < -0.3 is 23.4 Å². The molecule has 1 aromatic carbocycles. The van der Waals surface area contributed by atoms with Crippen molar-refractivity contribution in [3.05, 3.63) is 18.2 Å². The number of ether oxygens (including phenoxy) is 2. The van der Waals surface area contributed by atoms with E-state index in [0.29, 0.717) is 37.9 Å². The monoisotopic (exact) mass is 442 g/mol. The van der Waals surface area contributed by atoms with Crippen LogP contribution in [0.1, 0.15) is 41.5 Å². The maximum Gasteiger partial charge on any atom is 0.192 e. The van der Waals surface area contributed by atoms with E-state index >= 15 is 0 Å². The predicted molar refractivity (Wildman–Crippen MR) is 125 cm³/mol. The molecule has 0 atom stereocenters. The second kappa shape index (κ2) is 9.85. The quantitative estimate of drug-likeness (QED) is 0.346. The second-order valence-corrected chi connectivity index (χ2v) is 20.2. The van der Waals surface area contributed by atoms with E-state index in [2.05, 4.69) is 67.7 Å². The Kier molecular flexibility index (Phi) is 8.84. The molecule has 0 heterocycles. The van der Waals surface area contributed by atoms with Crippen LogP contribution in [0.15, 0.2) is 18.2 Å². The third-order valence-corrected chi connectivity index (χ3v) is 15.2. The summed E-state index contributed by atoms with van der Waals surface area (Å²) in [6.45, 7) is 24.1. The highest BCUT2D eigenvalue weighted by molar-refractivity contribution is 6.74. The maximum atomic E-state index is 9.97. The molecular formula is C22H42O5Si2. The Morgan fingerprint density at radius 2 is 1.00 bits per heavy atom. The van der Waals surface area contributed by atoms with Crippen molar-refractivity contribution in [2.75, 3.05) is 26.4 Å². The van der Waals surface area contributed by atoms with Gasteiger partial charge in [0.15, 0.2) is 16.6 Å². The Morgan fingerprint density at radius 3 is 1.31 bits per heavy atom. The van der Waals surface area contributed by atoms with Gasteiger partial charge in [0.2, 0.25) is 0 Å². The summed E-state index contributed by atoms with van der Waals surface area (Å²) >= 11 is 0. The van der Waals surface area contributed by atoms with Gasteiger partial charge in [-0.1, -0.05) is 41.5 Å². The Balaban J connectivity index is 2.51. The van der Waals surface area contributed by atoms with Crippen molar-refractivity contribution in [2.24, 2.45) is 0 Å². The number of hydrogen-bond acceptors (Lipinski definition) is 5. The fourth-order valence-electron chi connectivity index (χ4n) is 2.07. The Labute approximate surface area is 180 Å². The van der Waals surface area contributed by atoms with Gasteiger partial charge in [-0.25, -0.2) is 0 Å². The van der Waals surface area contributed by atoms with E-state index in [-0.39, 0.29) is 15.8 Å². The molecule has 0 saturated carbocycles. The van der Waals surface area contributed by atoms with Gasteiger partial charge in [0.25, 0.3) is 0 Å². The van der Waals surface area contributed by atoms with Crippen LogP contribution in [0.25, 0.3) is 0 Å². The molecule has 168 valence electrons. The second-order valence-electron chi connectivity index (χ2n) is 10.6. The van der Waals surface area contributed by atoms with Crippen molar-refractivity contribution in [1.29, 1.82) is 0 Å². The van der Waals surface area contributed by atoms with Gasteiger partial charge in [-0.3, -0.25) is 0 Å². The summed E-state index contributed by atoms with van der Waals surface area (Å²) in [5.74, 6) is 1.27. The first-order chi connectivity index (χ1) is 13.1. The van der Waals surface area contributed by atoms with Gasteiger partial charge in [0, 0.05) is 18.2 Å². The van der Waals surface area contributed by atoms with Crippen LogP contribution in [0, 0.1) is 0 Å². The van der Waals surface area contributed by atoms with Gasteiger partial charge in [-0.15, -0.1) is 0 Å². The highest BCUT2D eigenvalue weighted by atomic mass is 28.4. The van der Waals surface area contributed by atoms with E-state index in [1.54, 1.807) is 18.2 Å². The summed E-state index contributed by atoms with van der Waals surface area (Å²) in [5.41, 5.74) is 0. The van der Waals surface area contributed by atoms with Crippen LogP contribution in [0.4, 0.5) is 0 Å². The first-order valence-electron chi connectivity index (χ1n) is 10.4. The van der Waals surface area contributed by atoms with E-state index in [0.717, 1.165) is 0 Å². The Bertz CT molecular complexity index is 593. The summed E-state index contributed by atoms with van der Waals surface area (Å²) in [5, 5.41) is 10.3. The summed E-state index contributed by atoms with van der Waals surface area (Å²) in [7, 11) is -3.56. The third kappa shape index (κ3) is 8.32. The topological polar surface area (TPSA) is 57.2 Å². The van der Waals surface area contributed by atoms with Gasteiger partial charge >= 0.3 is 0 Å². The van der Waals surface area contributed by atoms with Gasteiger partial charge in [0.1, 0.15) is 30.5 Å². The molecule has 0 saturated heterocycles. The molecule has 0 bridgehead atoms. The molecule has 0 amide bonds. The molecule has 7 heteroatoms. The minimum Gasteiger partial charge on any atom is -0.508 e. The summed E-state index contributed by atoms with van der Waals surface area (Å²) in [6.07, 6.45) is 0. The molecule has 0 aromatic heterocycles. The molecule has 0 aliphatic carbocycles. The van der Waals surface area contributed by atoms with Crippen LogP contribution in [-0.4, -0.2) is 48.2 Å². The SMILES string of the molecule is CC(C)(C)[Si](C)(C)OCCOc1cc(O)cc(OCCO[Si](C)(C)C(C)(C)C)c1. The third-order valence-electron chi connectivity index (χ3n) is 6.11. The zero-order valence-corrected chi connectivity index (χ0v) is 22.1. The van der Waals surface area contributed by atoms with Crippen molar-refractivity contribution < 1.29 is 23.4 Å². The number of aromatic hydroxyl groups is 1. The van der Waals surface area contributed by atoms with Gasteiger partial charge in [0.05, 0.1) is 13.2 Å². The molecule has 29 heavy (non-hydrogen) atoms. The average Bonchev–Trinajstić information content (AvgIpc) is 2.53. The van der Waals surface area contributed by atoms with Crippen LogP contribution in [0.5, 0.6) is 17.2 Å². The molecule has 1 aromatic rings. The van der Waals surface area contributed by atoms with Crippen LogP contribution >= 0.6 is 0 Å². The highest BCUT2D eigenvalue weighted by Gasteiger charge is 2.37. The molecule has 0 fully saturated rings. The number of benzene rings is 1. The molecule has 0 aliphatic rings. The Morgan fingerprint density at radius 1 is 0.655 bits per heavy atom. The lowest BCUT2D eigenvalue weighted by Gasteiger charge is -2.36. The van der Waals surface area contributed by atoms with Crippen LogP contribution in [-0.2, 0) is 8.85 Å². The number of hydrogen-bond donors (Lipinski definition) is 1. The first kappa shape index (κ1) is 26.0. The van der Waals surface area contributed by atoms with Crippen molar-refractivity contribution in [3.63, 3.8) is 0 Å². The zero-order valence-electron chi connectivity index (χ0n) is 20.1. The van der Waals surface area contributed by atoms with E-state index < -0.39 is 16.6 Å². The average molecular weight is 443 g/mol. The van der Waals surface area contributed by atoms with E-state index in [1.165, 1.54) is 0 Å². The summed E-state index contributed by atoms with van der Waals surface area (Å²) in [4.78, 5) is 0. The van der Waals surface area contributed by atoms with Gasteiger partial charge in [-0.05, 0) is 36.3 Å². The number of phenols is 1. The number of phenolic OH excluding ortho intramolecular Hbond substituents is 1. The Hall–Kier alpha value is -1.03. The van der Waals surface area contributed by atoms with Crippen molar-refractivity contribution >= 4 is 16.6 Å². The maximum absolute atomic E-state index is 9.97. The molecule has 0 spiro atoms. The van der Waals surface area contributed by atoms with E-state index in [4.69, 9.17) is 18.3 Å². The lowest BCUT2D eigenvalue weighted by atomic mass is 10.2. The normalized spacial score (nSPS) is 13.4. The first-order valence-corrected chi connectivity index (χ1v) is 16.2. The predicted octanol–water partition coefficient (Wildman–Crippen LogP) is 6.19.